The van der Waals surface area contributed by atoms with Gasteiger partial charge in [-0.1, -0.05) is 12.1 Å². The minimum absolute atomic E-state index is 0.205. The first-order valence-corrected chi connectivity index (χ1v) is 7.06. The lowest BCUT2D eigenvalue weighted by molar-refractivity contribution is -0.119. The predicted octanol–water partition coefficient (Wildman–Crippen LogP) is 1.94. The van der Waals surface area contributed by atoms with Gasteiger partial charge in [-0.05, 0) is 37.3 Å². The minimum Gasteiger partial charge on any atom is -0.370 e. The highest BCUT2D eigenvalue weighted by Gasteiger charge is 2.24. The Labute approximate surface area is 118 Å². The molecule has 5 heteroatoms. The number of rotatable bonds is 4. The van der Waals surface area contributed by atoms with Crippen molar-refractivity contribution in [3.63, 3.8) is 0 Å². The maximum Gasteiger partial charge on any atom is 0.217 e. The average molecular weight is 279 g/mol. The Balaban J connectivity index is 2.12. The highest BCUT2D eigenvalue weighted by Crippen LogP contribution is 2.32. The summed E-state index contributed by atoms with van der Waals surface area (Å²) in [7, 11) is 0. The second-order valence-corrected chi connectivity index (χ2v) is 5.57. The van der Waals surface area contributed by atoms with Crippen LogP contribution in [0.15, 0.2) is 18.2 Å². The number of carbonyl (C=O) groups excluding carboxylic acids is 1. The van der Waals surface area contributed by atoms with Crippen LogP contribution < -0.4 is 16.4 Å². The molecule has 0 aromatic heterocycles. The highest BCUT2D eigenvalue weighted by atomic mass is 19.1. The van der Waals surface area contributed by atoms with E-state index in [9.17, 15) is 9.18 Å². The summed E-state index contributed by atoms with van der Waals surface area (Å²) >= 11 is 0. The molecule has 0 radical (unpaired) electrons. The third kappa shape index (κ3) is 3.28. The van der Waals surface area contributed by atoms with E-state index in [0.29, 0.717) is 18.0 Å². The van der Waals surface area contributed by atoms with E-state index < -0.39 is 0 Å². The van der Waals surface area contributed by atoms with Gasteiger partial charge in [0.2, 0.25) is 5.91 Å². The molecule has 1 aliphatic heterocycles. The van der Waals surface area contributed by atoms with E-state index in [4.69, 9.17) is 11.5 Å². The maximum absolute atomic E-state index is 14.1. The lowest BCUT2D eigenvalue weighted by atomic mass is 9.92. The summed E-state index contributed by atoms with van der Waals surface area (Å²) in [4.78, 5) is 13.0. The topological polar surface area (TPSA) is 72.3 Å². The van der Waals surface area contributed by atoms with Crippen LogP contribution in [0.5, 0.6) is 0 Å². The third-order valence-corrected chi connectivity index (χ3v) is 3.93. The molecule has 1 fully saturated rings. The number of halogens is 1. The number of nitrogens with zero attached hydrogens (tertiary/aromatic N) is 1. The molecule has 1 amide bonds. The number of hydrogen-bond donors (Lipinski definition) is 2. The quantitative estimate of drug-likeness (QED) is 0.884. The molecule has 1 aromatic carbocycles. The monoisotopic (exact) mass is 279 g/mol. The molecule has 4 N–H and O–H groups in total. The van der Waals surface area contributed by atoms with Crippen molar-refractivity contribution in [2.75, 3.05) is 18.0 Å². The number of benzene rings is 1. The van der Waals surface area contributed by atoms with E-state index in [1.54, 1.807) is 6.07 Å². The Morgan fingerprint density at radius 3 is 2.65 bits per heavy atom. The van der Waals surface area contributed by atoms with Crippen LogP contribution in [0.3, 0.4) is 0 Å². The second-order valence-electron chi connectivity index (χ2n) is 5.57. The Morgan fingerprint density at radius 2 is 2.10 bits per heavy atom. The van der Waals surface area contributed by atoms with E-state index in [0.717, 1.165) is 31.5 Å². The first-order chi connectivity index (χ1) is 9.49. The van der Waals surface area contributed by atoms with Gasteiger partial charge in [-0.25, -0.2) is 4.39 Å². The van der Waals surface area contributed by atoms with Gasteiger partial charge in [0.05, 0.1) is 5.69 Å². The van der Waals surface area contributed by atoms with E-state index in [2.05, 4.69) is 0 Å². The average Bonchev–Trinajstić information content (AvgIpc) is 2.39. The first kappa shape index (κ1) is 14.8. The van der Waals surface area contributed by atoms with Crippen molar-refractivity contribution in [2.45, 2.75) is 32.2 Å². The molecule has 1 heterocycles. The van der Waals surface area contributed by atoms with Gasteiger partial charge in [0.1, 0.15) is 5.82 Å². The molecule has 0 bridgehead atoms. The van der Waals surface area contributed by atoms with Gasteiger partial charge in [-0.2, -0.15) is 0 Å². The molecule has 1 aliphatic rings. The summed E-state index contributed by atoms with van der Waals surface area (Å²) in [6.07, 6.45) is 2.14. The fourth-order valence-corrected chi connectivity index (χ4v) is 2.88. The molecular weight excluding hydrogens is 257 g/mol. The maximum atomic E-state index is 14.1. The SMILES string of the molecule is CC(N)c1cccc(F)c1N1CCC(CC(N)=O)CC1. The van der Waals surface area contributed by atoms with Crippen LogP contribution in [0.4, 0.5) is 10.1 Å². The van der Waals surface area contributed by atoms with Gasteiger partial charge in [0.15, 0.2) is 0 Å². The molecule has 2 rings (SSSR count). The van der Waals surface area contributed by atoms with Crippen LogP contribution in [-0.2, 0) is 4.79 Å². The van der Waals surface area contributed by atoms with Gasteiger partial charge >= 0.3 is 0 Å². The second kappa shape index (κ2) is 6.22. The Kier molecular flexibility index (Phi) is 4.60. The predicted molar refractivity (Wildman–Crippen MR) is 77.8 cm³/mol. The molecule has 0 spiro atoms. The molecule has 1 unspecified atom stereocenters. The van der Waals surface area contributed by atoms with Crippen LogP contribution in [-0.4, -0.2) is 19.0 Å². The van der Waals surface area contributed by atoms with E-state index >= 15 is 0 Å². The molecular formula is C15H22FN3O. The number of hydrogen-bond acceptors (Lipinski definition) is 3. The Morgan fingerprint density at radius 1 is 1.45 bits per heavy atom. The Hall–Kier alpha value is -1.62. The highest BCUT2D eigenvalue weighted by molar-refractivity contribution is 5.74. The molecule has 110 valence electrons. The van der Waals surface area contributed by atoms with Gasteiger partial charge in [0.25, 0.3) is 0 Å². The smallest absolute Gasteiger partial charge is 0.217 e. The van der Waals surface area contributed by atoms with Crippen LogP contribution in [0.2, 0.25) is 0 Å². The molecule has 0 saturated carbocycles. The molecule has 20 heavy (non-hydrogen) atoms. The molecule has 1 atom stereocenters. The summed E-state index contributed by atoms with van der Waals surface area (Å²) in [5.41, 5.74) is 12.6. The summed E-state index contributed by atoms with van der Waals surface area (Å²) < 4.78 is 14.1. The van der Waals surface area contributed by atoms with Gasteiger partial charge in [0, 0.05) is 25.6 Å². The summed E-state index contributed by atoms with van der Waals surface area (Å²) in [6, 6.07) is 4.83. The standard InChI is InChI=1S/C15H22FN3O/c1-10(17)12-3-2-4-13(16)15(12)19-7-5-11(6-8-19)9-14(18)20/h2-4,10-11H,5-9,17H2,1H3,(H2,18,20). The lowest BCUT2D eigenvalue weighted by Gasteiger charge is -2.35. The third-order valence-electron chi connectivity index (χ3n) is 3.93. The van der Waals surface area contributed by atoms with Crippen molar-refractivity contribution < 1.29 is 9.18 Å². The zero-order chi connectivity index (χ0) is 14.7. The summed E-state index contributed by atoms with van der Waals surface area (Å²) in [5.74, 6) is -0.173. The molecule has 1 aromatic rings. The fraction of sp³-hybridized carbons (Fsp3) is 0.533. The minimum atomic E-state index is -0.259. The fourth-order valence-electron chi connectivity index (χ4n) is 2.88. The van der Waals surface area contributed by atoms with E-state index in [-0.39, 0.29) is 17.8 Å². The number of carbonyl (C=O) groups is 1. The number of primary amides is 1. The van der Waals surface area contributed by atoms with Crippen molar-refractivity contribution in [1.29, 1.82) is 0 Å². The zero-order valence-electron chi connectivity index (χ0n) is 11.8. The van der Waals surface area contributed by atoms with E-state index in [1.807, 2.05) is 17.9 Å². The van der Waals surface area contributed by atoms with Gasteiger partial charge in [-0.3, -0.25) is 4.79 Å². The Bertz CT molecular complexity index is 482. The van der Waals surface area contributed by atoms with E-state index in [1.165, 1.54) is 6.07 Å². The summed E-state index contributed by atoms with van der Waals surface area (Å²) in [6.45, 7) is 3.33. The molecule has 0 aliphatic carbocycles. The van der Waals surface area contributed by atoms with Crippen LogP contribution in [0.25, 0.3) is 0 Å². The lowest BCUT2D eigenvalue weighted by Crippen LogP contribution is -2.36. The molecule has 1 saturated heterocycles. The van der Waals surface area contributed by atoms with Crippen molar-refractivity contribution in [3.8, 4) is 0 Å². The number of amides is 1. The summed E-state index contributed by atoms with van der Waals surface area (Å²) in [5, 5.41) is 0. The normalized spacial score (nSPS) is 18.1. The van der Waals surface area contributed by atoms with Crippen molar-refractivity contribution in [3.05, 3.63) is 29.6 Å². The van der Waals surface area contributed by atoms with Crippen molar-refractivity contribution >= 4 is 11.6 Å². The largest absolute Gasteiger partial charge is 0.370 e. The van der Waals surface area contributed by atoms with Crippen molar-refractivity contribution in [1.82, 2.24) is 0 Å². The van der Waals surface area contributed by atoms with Gasteiger partial charge < -0.3 is 16.4 Å². The number of piperidine rings is 1. The zero-order valence-corrected chi connectivity index (χ0v) is 11.8. The van der Waals surface area contributed by atoms with Crippen LogP contribution in [0, 0.1) is 11.7 Å². The first-order valence-electron chi connectivity index (χ1n) is 7.06. The van der Waals surface area contributed by atoms with Crippen LogP contribution in [0.1, 0.15) is 37.8 Å². The number of anilines is 1. The van der Waals surface area contributed by atoms with Crippen molar-refractivity contribution in [2.24, 2.45) is 17.4 Å². The molecule has 4 nitrogen and oxygen atoms in total. The number of para-hydroxylation sites is 1. The van der Waals surface area contributed by atoms with Gasteiger partial charge in [-0.15, -0.1) is 0 Å². The number of nitrogens with two attached hydrogens (primary N) is 2. The van der Waals surface area contributed by atoms with Crippen LogP contribution >= 0.6 is 0 Å².